The first-order valence-electron chi connectivity index (χ1n) is 5.96. The molecule has 0 N–H and O–H groups in total. The van der Waals surface area contributed by atoms with Gasteiger partial charge in [-0.2, -0.15) is 0 Å². The summed E-state index contributed by atoms with van der Waals surface area (Å²) in [7, 11) is 1.65. The Labute approximate surface area is 103 Å². The molecule has 3 nitrogen and oxygen atoms in total. The number of rotatable bonds is 5. The van der Waals surface area contributed by atoms with Crippen molar-refractivity contribution in [3.63, 3.8) is 0 Å². The Morgan fingerprint density at radius 3 is 2.59 bits per heavy atom. The number of aryl methyl sites for hydroxylation is 1. The number of aromatic nitrogens is 1. The van der Waals surface area contributed by atoms with Crippen molar-refractivity contribution in [2.45, 2.75) is 40.5 Å². The van der Waals surface area contributed by atoms with Crippen LogP contribution < -0.4 is 4.74 Å². The van der Waals surface area contributed by atoms with E-state index in [4.69, 9.17) is 4.74 Å². The number of carbonyl (C=O) groups excluding carboxylic acids is 1. The Kier molecular flexibility index (Phi) is 4.67. The summed E-state index contributed by atoms with van der Waals surface area (Å²) in [6, 6.07) is 0. The second kappa shape index (κ2) is 5.80. The van der Waals surface area contributed by atoms with Gasteiger partial charge in [0.05, 0.1) is 12.8 Å². The van der Waals surface area contributed by atoms with E-state index in [0.717, 1.165) is 22.6 Å². The number of ketones is 1. The molecule has 0 fully saturated rings. The van der Waals surface area contributed by atoms with Gasteiger partial charge in [-0.1, -0.05) is 13.8 Å². The molecule has 0 saturated carbocycles. The second-order valence-electron chi connectivity index (χ2n) is 4.86. The molecule has 0 bridgehead atoms. The van der Waals surface area contributed by atoms with Crippen LogP contribution in [-0.2, 0) is 11.2 Å². The first-order chi connectivity index (χ1) is 7.95. The van der Waals surface area contributed by atoms with Crippen LogP contribution in [0.2, 0.25) is 0 Å². The molecular formula is C14H21NO2. The fraction of sp³-hybridized carbons (Fsp3) is 0.571. The van der Waals surface area contributed by atoms with Crippen molar-refractivity contribution in [1.29, 1.82) is 0 Å². The Morgan fingerprint density at radius 1 is 1.41 bits per heavy atom. The van der Waals surface area contributed by atoms with Gasteiger partial charge in [0.1, 0.15) is 11.5 Å². The van der Waals surface area contributed by atoms with Crippen molar-refractivity contribution in [3.8, 4) is 5.75 Å². The molecule has 0 amide bonds. The topological polar surface area (TPSA) is 39.2 Å². The first-order valence-corrected chi connectivity index (χ1v) is 5.96. The van der Waals surface area contributed by atoms with E-state index in [2.05, 4.69) is 4.98 Å². The Hall–Kier alpha value is -1.38. The number of Topliss-reactive ketones (excluding diaryl/α,β-unsaturated/α-hetero) is 1. The molecule has 1 aromatic heterocycles. The minimum absolute atomic E-state index is 0.238. The van der Waals surface area contributed by atoms with Crippen molar-refractivity contribution in [1.82, 2.24) is 4.98 Å². The summed E-state index contributed by atoms with van der Waals surface area (Å²) in [6.45, 7) is 8.01. The molecule has 0 unspecified atom stereocenters. The maximum absolute atomic E-state index is 11.8. The van der Waals surface area contributed by atoms with Crippen LogP contribution in [0.15, 0.2) is 6.20 Å². The lowest BCUT2D eigenvalue weighted by molar-refractivity contribution is -0.119. The molecule has 1 rings (SSSR count). The molecule has 0 saturated heterocycles. The highest BCUT2D eigenvalue weighted by atomic mass is 16.5. The molecule has 94 valence electrons. The smallest absolute Gasteiger partial charge is 0.139 e. The molecule has 0 aromatic carbocycles. The van der Waals surface area contributed by atoms with Gasteiger partial charge >= 0.3 is 0 Å². The van der Waals surface area contributed by atoms with Crippen LogP contribution >= 0.6 is 0 Å². The van der Waals surface area contributed by atoms with Gasteiger partial charge in [0.25, 0.3) is 0 Å². The summed E-state index contributed by atoms with van der Waals surface area (Å²) in [5.74, 6) is 1.48. The average Bonchev–Trinajstić information content (AvgIpc) is 2.22. The van der Waals surface area contributed by atoms with Crippen molar-refractivity contribution in [3.05, 3.63) is 23.0 Å². The zero-order valence-corrected chi connectivity index (χ0v) is 11.3. The van der Waals surface area contributed by atoms with Crippen LogP contribution in [0, 0.1) is 19.8 Å². The monoisotopic (exact) mass is 235 g/mol. The lowest BCUT2D eigenvalue weighted by Gasteiger charge is -2.12. The molecular weight excluding hydrogens is 214 g/mol. The van der Waals surface area contributed by atoms with Gasteiger partial charge in [-0.15, -0.1) is 0 Å². The van der Waals surface area contributed by atoms with Crippen LogP contribution in [0.3, 0.4) is 0 Å². The fourth-order valence-electron chi connectivity index (χ4n) is 1.96. The number of ether oxygens (including phenoxy) is 1. The zero-order chi connectivity index (χ0) is 13.0. The number of methoxy groups -OCH3 is 1. The van der Waals surface area contributed by atoms with Crippen LogP contribution in [-0.4, -0.2) is 17.9 Å². The molecule has 0 radical (unpaired) electrons. The van der Waals surface area contributed by atoms with Crippen molar-refractivity contribution >= 4 is 5.78 Å². The van der Waals surface area contributed by atoms with E-state index in [1.54, 1.807) is 13.3 Å². The van der Waals surface area contributed by atoms with Crippen molar-refractivity contribution in [2.24, 2.45) is 5.92 Å². The first kappa shape index (κ1) is 13.7. The third-order valence-corrected chi connectivity index (χ3v) is 2.75. The van der Waals surface area contributed by atoms with E-state index in [1.807, 2.05) is 27.7 Å². The summed E-state index contributed by atoms with van der Waals surface area (Å²) in [6.07, 6.45) is 2.78. The normalized spacial score (nSPS) is 10.7. The zero-order valence-electron chi connectivity index (χ0n) is 11.3. The second-order valence-corrected chi connectivity index (χ2v) is 4.86. The van der Waals surface area contributed by atoms with Gasteiger partial charge in [0.2, 0.25) is 0 Å². The predicted molar refractivity (Wildman–Crippen MR) is 68.4 cm³/mol. The maximum Gasteiger partial charge on any atom is 0.139 e. The SMILES string of the molecule is COc1c(C)cnc(CC(=O)CC(C)C)c1C. The van der Waals surface area contributed by atoms with Crippen molar-refractivity contribution in [2.75, 3.05) is 7.11 Å². The van der Waals surface area contributed by atoms with E-state index >= 15 is 0 Å². The number of carbonyl (C=O) groups is 1. The lowest BCUT2D eigenvalue weighted by Crippen LogP contribution is -2.10. The Bertz CT molecular complexity index is 411. The number of hydrogen-bond donors (Lipinski definition) is 0. The molecule has 17 heavy (non-hydrogen) atoms. The highest BCUT2D eigenvalue weighted by Crippen LogP contribution is 2.24. The van der Waals surface area contributed by atoms with Gasteiger partial charge in [-0.05, 0) is 19.8 Å². The van der Waals surface area contributed by atoms with Gasteiger partial charge in [0.15, 0.2) is 0 Å². The van der Waals surface area contributed by atoms with Gasteiger partial charge in [-0.25, -0.2) is 0 Å². The minimum atomic E-state index is 0.238. The molecule has 1 aromatic rings. The summed E-state index contributed by atoms with van der Waals surface area (Å²) in [4.78, 5) is 16.1. The van der Waals surface area contributed by atoms with Crippen LogP contribution in [0.4, 0.5) is 0 Å². The Morgan fingerprint density at radius 2 is 2.06 bits per heavy atom. The molecule has 0 atom stereocenters. The summed E-state index contributed by atoms with van der Waals surface area (Å²) >= 11 is 0. The quantitative estimate of drug-likeness (QED) is 0.787. The largest absolute Gasteiger partial charge is 0.496 e. The van der Waals surface area contributed by atoms with Crippen LogP contribution in [0.25, 0.3) is 0 Å². The summed E-state index contributed by atoms with van der Waals surface area (Å²) in [5, 5.41) is 0. The summed E-state index contributed by atoms with van der Waals surface area (Å²) in [5.41, 5.74) is 2.81. The minimum Gasteiger partial charge on any atom is -0.496 e. The molecule has 1 heterocycles. The highest BCUT2D eigenvalue weighted by molar-refractivity contribution is 5.81. The van der Waals surface area contributed by atoms with Gasteiger partial charge in [-0.3, -0.25) is 9.78 Å². The standard InChI is InChI=1S/C14H21NO2/c1-9(2)6-12(16)7-13-11(4)14(17-5)10(3)8-15-13/h8-9H,6-7H2,1-5H3. The number of pyridine rings is 1. The van der Waals surface area contributed by atoms with Crippen LogP contribution in [0.1, 0.15) is 37.1 Å². The van der Waals surface area contributed by atoms with Gasteiger partial charge in [0, 0.05) is 30.2 Å². The highest BCUT2D eigenvalue weighted by Gasteiger charge is 2.13. The van der Waals surface area contributed by atoms with Crippen molar-refractivity contribution < 1.29 is 9.53 Å². The third-order valence-electron chi connectivity index (χ3n) is 2.75. The average molecular weight is 235 g/mol. The van der Waals surface area contributed by atoms with Crippen LogP contribution in [0.5, 0.6) is 5.75 Å². The van der Waals surface area contributed by atoms with E-state index in [0.29, 0.717) is 18.8 Å². The van der Waals surface area contributed by atoms with E-state index in [9.17, 15) is 4.79 Å². The lowest BCUT2D eigenvalue weighted by atomic mass is 10.0. The maximum atomic E-state index is 11.8. The molecule has 0 aliphatic carbocycles. The molecule has 3 heteroatoms. The third kappa shape index (κ3) is 3.55. The fourth-order valence-corrected chi connectivity index (χ4v) is 1.96. The molecule has 0 aliphatic rings. The molecule has 0 spiro atoms. The Balaban J connectivity index is 2.89. The van der Waals surface area contributed by atoms with E-state index < -0.39 is 0 Å². The number of hydrogen-bond acceptors (Lipinski definition) is 3. The predicted octanol–water partition coefficient (Wildman–Crippen LogP) is 2.86. The number of nitrogens with zero attached hydrogens (tertiary/aromatic N) is 1. The summed E-state index contributed by atoms with van der Waals surface area (Å²) < 4.78 is 5.33. The van der Waals surface area contributed by atoms with Gasteiger partial charge < -0.3 is 4.74 Å². The van der Waals surface area contributed by atoms with E-state index in [-0.39, 0.29) is 5.78 Å². The van der Waals surface area contributed by atoms with E-state index in [1.165, 1.54) is 0 Å². The molecule has 0 aliphatic heterocycles.